The highest BCUT2D eigenvalue weighted by molar-refractivity contribution is 9.10. The fraction of sp³-hybridized carbons (Fsp3) is 0.588. The molecule has 116 valence electrons. The molecule has 21 heavy (non-hydrogen) atoms. The van der Waals surface area contributed by atoms with Crippen molar-refractivity contribution in [2.75, 3.05) is 6.61 Å². The first-order valence-corrected chi connectivity index (χ1v) is 9.41. The van der Waals surface area contributed by atoms with Crippen LogP contribution in [0.1, 0.15) is 56.1 Å². The van der Waals surface area contributed by atoms with Crippen LogP contribution in [0.4, 0.5) is 0 Å². The fourth-order valence-corrected chi connectivity index (χ4v) is 4.22. The van der Waals surface area contributed by atoms with E-state index in [0.717, 1.165) is 5.56 Å². The second kappa shape index (κ2) is 8.33. The lowest BCUT2D eigenvalue weighted by Crippen LogP contribution is -2.19. The van der Waals surface area contributed by atoms with E-state index in [2.05, 4.69) is 50.1 Å². The quantitative estimate of drug-likeness (QED) is 0.475. The van der Waals surface area contributed by atoms with Gasteiger partial charge in [0.1, 0.15) is 4.83 Å². The molecule has 1 aliphatic rings. The van der Waals surface area contributed by atoms with Gasteiger partial charge in [0.15, 0.2) is 0 Å². The second-order valence-corrected chi connectivity index (χ2v) is 7.57. The Morgan fingerprint density at radius 1 is 1.33 bits per heavy atom. The van der Waals surface area contributed by atoms with Gasteiger partial charge in [0, 0.05) is 4.47 Å². The third-order valence-corrected chi connectivity index (χ3v) is 5.45. The third kappa shape index (κ3) is 4.82. The van der Waals surface area contributed by atoms with Crippen LogP contribution in [0, 0.1) is 0 Å². The molecule has 0 aromatic heterocycles. The smallest absolute Gasteiger partial charge is 0.320 e. The van der Waals surface area contributed by atoms with E-state index in [4.69, 9.17) is 4.74 Å². The number of benzene rings is 1. The van der Waals surface area contributed by atoms with Gasteiger partial charge in [0.25, 0.3) is 0 Å². The van der Waals surface area contributed by atoms with Gasteiger partial charge in [-0.15, -0.1) is 0 Å². The molecule has 1 aromatic carbocycles. The van der Waals surface area contributed by atoms with Gasteiger partial charge in [-0.1, -0.05) is 63.3 Å². The molecule has 2 rings (SSSR count). The Balaban J connectivity index is 2.03. The van der Waals surface area contributed by atoms with E-state index in [1.807, 2.05) is 6.92 Å². The molecule has 0 amide bonds. The molecular weight excluding hydrogens is 396 g/mol. The van der Waals surface area contributed by atoms with Crippen molar-refractivity contribution in [1.29, 1.82) is 0 Å². The number of esters is 1. The lowest BCUT2D eigenvalue weighted by Gasteiger charge is -2.23. The summed E-state index contributed by atoms with van der Waals surface area (Å²) >= 11 is 7.12. The average molecular weight is 418 g/mol. The Kier molecular flexibility index (Phi) is 6.74. The molecule has 1 saturated carbocycles. The second-order valence-electron chi connectivity index (χ2n) is 5.61. The Morgan fingerprint density at radius 2 is 2.05 bits per heavy atom. The summed E-state index contributed by atoms with van der Waals surface area (Å²) in [5.74, 6) is 0.497. The van der Waals surface area contributed by atoms with Crippen LogP contribution in [0.2, 0.25) is 0 Å². The molecule has 1 fully saturated rings. The molecule has 1 aromatic rings. The topological polar surface area (TPSA) is 26.3 Å². The number of carbonyl (C=O) groups is 1. The highest BCUT2D eigenvalue weighted by Gasteiger charge is 2.20. The van der Waals surface area contributed by atoms with Gasteiger partial charge in [-0.3, -0.25) is 4.79 Å². The largest absolute Gasteiger partial charge is 0.465 e. The van der Waals surface area contributed by atoms with Crippen molar-refractivity contribution in [2.45, 2.75) is 56.2 Å². The molecule has 1 atom stereocenters. The Hall–Kier alpha value is -0.350. The van der Waals surface area contributed by atoms with E-state index >= 15 is 0 Å². The van der Waals surface area contributed by atoms with Gasteiger partial charge in [0.2, 0.25) is 0 Å². The zero-order valence-electron chi connectivity index (χ0n) is 12.4. The average Bonchev–Trinajstić information content (AvgIpc) is 2.48. The van der Waals surface area contributed by atoms with Crippen LogP contribution in [0.5, 0.6) is 0 Å². The Bertz CT molecular complexity index is 482. The number of ether oxygens (including phenoxy) is 1. The normalized spacial score (nSPS) is 17.5. The van der Waals surface area contributed by atoms with Crippen molar-refractivity contribution in [3.8, 4) is 0 Å². The molecule has 0 aliphatic heterocycles. The lowest BCUT2D eigenvalue weighted by molar-refractivity contribution is -0.142. The molecular formula is C17H22Br2O2. The third-order valence-electron chi connectivity index (χ3n) is 4.07. The highest BCUT2D eigenvalue weighted by atomic mass is 79.9. The van der Waals surface area contributed by atoms with Crippen molar-refractivity contribution in [3.05, 3.63) is 33.8 Å². The Labute approximate surface area is 143 Å². The summed E-state index contributed by atoms with van der Waals surface area (Å²) in [6.45, 7) is 2.25. The lowest BCUT2D eigenvalue weighted by atomic mass is 9.84. The first-order chi connectivity index (χ1) is 10.1. The number of hydrogen-bond donors (Lipinski definition) is 0. The molecule has 0 saturated heterocycles. The summed E-state index contributed by atoms with van der Waals surface area (Å²) in [6, 6.07) is 6.51. The number of carbonyl (C=O) groups excluding carboxylic acids is 1. The van der Waals surface area contributed by atoms with Gasteiger partial charge in [-0.2, -0.15) is 0 Å². The maximum absolute atomic E-state index is 11.7. The molecule has 4 heteroatoms. The predicted octanol–water partition coefficient (Wildman–Crippen LogP) is 5.37. The molecule has 1 unspecified atom stereocenters. The molecule has 0 spiro atoms. The van der Waals surface area contributed by atoms with Crippen molar-refractivity contribution in [1.82, 2.24) is 0 Å². The fourth-order valence-electron chi connectivity index (χ4n) is 2.97. The van der Waals surface area contributed by atoms with Gasteiger partial charge in [-0.25, -0.2) is 0 Å². The van der Waals surface area contributed by atoms with Crippen molar-refractivity contribution in [2.24, 2.45) is 0 Å². The summed E-state index contributed by atoms with van der Waals surface area (Å²) < 4.78 is 6.20. The van der Waals surface area contributed by atoms with E-state index < -0.39 is 0 Å². The Morgan fingerprint density at radius 3 is 2.67 bits per heavy atom. The van der Waals surface area contributed by atoms with Gasteiger partial charge in [-0.05, 0) is 49.3 Å². The molecule has 0 radical (unpaired) electrons. The summed E-state index contributed by atoms with van der Waals surface area (Å²) in [7, 11) is 0. The summed E-state index contributed by atoms with van der Waals surface area (Å²) in [5.41, 5.74) is 2.57. The number of alkyl halides is 1. The van der Waals surface area contributed by atoms with Crippen LogP contribution in [0.15, 0.2) is 22.7 Å². The maximum Gasteiger partial charge on any atom is 0.320 e. The molecule has 0 heterocycles. The van der Waals surface area contributed by atoms with Crippen LogP contribution < -0.4 is 0 Å². The maximum atomic E-state index is 11.7. The van der Waals surface area contributed by atoms with E-state index in [-0.39, 0.29) is 10.8 Å². The van der Waals surface area contributed by atoms with Gasteiger partial charge < -0.3 is 4.74 Å². The number of rotatable bonds is 5. The minimum Gasteiger partial charge on any atom is -0.465 e. The number of halogens is 2. The zero-order valence-corrected chi connectivity index (χ0v) is 15.6. The predicted molar refractivity (Wildman–Crippen MR) is 93.0 cm³/mol. The van der Waals surface area contributed by atoms with E-state index in [1.54, 1.807) is 0 Å². The summed E-state index contributed by atoms with van der Waals surface area (Å²) in [5, 5.41) is 0. The molecule has 0 bridgehead atoms. The SMILES string of the molecule is CCOC(=O)C(Br)Cc1ccc(C2CCCCC2)c(Br)c1. The summed E-state index contributed by atoms with van der Waals surface area (Å²) in [6.07, 6.45) is 7.29. The monoisotopic (exact) mass is 416 g/mol. The van der Waals surface area contributed by atoms with Crippen molar-refractivity contribution < 1.29 is 9.53 Å². The first-order valence-electron chi connectivity index (χ1n) is 7.70. The van der Waals surface area contributed by atoms with Crippen LogP contribution in [-0.2, 0) is 16.0 Å². The van der Waals surface area contributed by atoms with Crippen molar-refractivity contribution in [3.63, 3.8) is 0 Å². The number of hydrogen-bond acceptors (Lipinski definition) is 2. The first kappa shape index (κ1) is 17.0. The van der Waals surface area contributed by atoms with Crippen LogP contribution in [0.25, 0.3) is 0 Å². The molecule has 2 nitrogen and oxygen atoms in total. The minimum absolute atomic E-state index is 0.190. The highest BCUT2D eigenvalue weighted by Crippen LogP contribution is 2.36. The van der Waals surface area contributed by atoms with E-state index in [9.17, 15) is 4.79 Å². The van der Waals surface area contributed by atoms with Crippen LogP contribution in [0.3, 0.4) is 0 Å². The van der Waals surface area contributed by atoms with Gasteiger partial charge >= 0.3 is 5.97 Å². The van der Waals surface area contributed by atoms with Crippen molar-refractivity contribution >= 4 is 37.8 Å². The van der Waals surface area contributed by atoms with Crippen LogP contribution >= 0.6 is 31.9 Å². The molecule has 1 aliphatic carbocycles. The van der Waals surface area contributed by atoms with E-state index in [1.165, 1.54) is 42.1 Å². The standard InChI is InChI=1S/C17H22Br2O2/c1-2-21-17(20)16(19)11-12-8-9-14(15(18)10-12)13-6-4-3-5-7-13/h8-10,13,16H,2-7,11H2,1H3. The van der Waals surface area contributed by atoms with E-state index in [0.29, 0.717) is 18.9 Å². The summed E-state index contributed by atoms with van der Waals surface area (Å²) in [4.78, 5) is 11.4. The minimum atomic E-state index is -0.273. The van der Waals surface area contributed by atoms with Gasteiger partial charge in [0.05, 0.1) is 6.61 Å². The zero-order chi connectivity index (χ0) is 15.2. The molecule has 0 N–H and O–H groups in total. The van der Waals surface area contributed by atoms with Crippen LogP contribution in [-0.4, -0.2) is 17.4 Å².